The van der Waals surface area contributed by atoms with Crippen LogP contribution in [0.4, 0.5) is 4.79 Å². The largest absolute Gasteiger partial charge is 0.508 e. The fraction of sp³-hybridized carbons (Fsp3) is 0.381. The van der Waals surface area contributed by atoms with Crippen LogP contribution in [0.1, 0.15) is 26.3 Å². The van der Waals surface area contributed by atoms with Gasteiger partial charge in [-0.1, -0.05) is 6.07 Å². The van der Waals surface area contributed by atoms with E-state index in [-0.39, 0.29) is 11.8 Å². The van der Waals surface area contributed by atoms with Gasteiger partial charge in [0.05, 0.1) is 20.2 Å². The molecular formula is C21H23NO5. The lowest BCUT2D eigenvalue weighted by atomic mass is 9.79. The van der Waals surface area contributed by atoms with E-state index < -0.39 is 11.2 Å². The van der Waals surface area contributed by atoms with E-state index in [0.717, 1.165) is 22.4 Å². The van der Waals surface area contributed by atoms with Gasteiger partial charge in [0.25, 0.3) is 0 Å². The summed E-state index contributed by atoms with van der Waals surface area (Å²) in [5.41, 5.74) is 1.67. The zero-order valence-corrected chi connectivity index (χ0v) is 15.9. The maximum absolute atomic E-state index is 12.4. The Morgan fingerprint density at radius 3 is 2.52 bits per heavy atom. The molecule has 1 fully saturated rings. The zero-order valence-electron chi connectivity index (χ0n) is 15.9. The number of hydrogen-bond acceptors (Lipinski definition) is 5. The summed E-state index contributed by atoms with van der Waals surface area (Å²) in [6.07, 6.45) is -0.358. The van der Waals surface area contributed by atoms with Crippen LogP contribution in [0.5, 0.6) is 17.2 Å². The monoisotopic (exact) mass is 369 g/mol. The molecule has 2 aliphatic rings. The molecule has 2 heterocycles. The van der Waals surface area contributed by atoms with E-state index in [4.69, 9.17) is 14.2 Å². The number of ether oxygens (including phenoxy) is 3. The SMILES string of the molecule is COc1ccc2c(c1)C1(CN(C(=O)OC(C)(C)C)C1)Oc1cc(O)ccc1-2. The van der Waals surface area contributed by atoms with Crippen molar-refractivity contribution < 1.29 is 24.1 Å². The highest BCUT2D eigenvalue weighted by molar-refractivity contribution is 5.79. The Balaban J connectivity index is 1.70. The van der Waals surface area contributed by atoms with Gasteiger partial charge < -0.3 is 19.3 Å². The maximum Gasteiger partial charge on any atom is 0.410 e. The number of fused-ring (bicyclic) bond motifs is 4. The molecule has 2 aromatic rings. The number of phenols is 1. The number of likely N-dealkylation sites (tertiary alicyclic amines) is 1. The average Bonchev–Trinajstić information content (AvgIpc) is 2.56. The summed E-state index contributed by atoms with van der Waals surface area (Å²) in [6.45, 7) is 6.28. The van der Waals surface area contributed by atoms with Crippen molar-refractivity contribution in [2.24, 2.45) is 0 Å². The van der Waals surface area contributed by atoms with Gasteiger partial charge >= 0.3 is 6.09 Å². The fourth-order valence-corrected chi connectivity index (χ4v) is 3.61. The van der Waals surface area contributed by atoms with Gasteiger partial charge in [-0.3, -0.25) is 4.90 Å². The topological polar surface area (TPSA) is 68.2 Å². The lowest BCUT2D eigenvalue weighted by molar-refractivity contribution is -0.0876. The van der Waals surface area contributed by atoms with Crippen LogP contribution in [0.25, 0.3) is 11.1 Å². The molecule has 0 unspecified atom stereocenters. The Labute approximate surface area is 158 Å². The molecule has 0 aromatic heterocycles. The molecule has 6 nitrogen and oxygen atoms in total. The highest BCUT2D eigenvalue weighted by Crippen LogP contribution is 2.50. The van der Waals surface area contributed by atoms with E-state index in [2.05, 4.69) is 0 Å². The minimum atomic E-state index is -0.679. The number of methoxy groups -OCH3 is 1. The predicted molar refractivity (Wildman–Crippen MR) is 100 cm³/mol. The Morgan fingerprint density at radius 2 is 1.85 bits per heavy atom. The lowest BCUT2D eigenvalue weighted by Crippen LogP contribution is -2.65. The second-order valence-corrected chi connectivity index (χ2v) is 8.02. The van der Waals surface area contributed by atoms with E-state index in [9.17, 15) is 9.90 Å². The summed E-state index contributed by atoms with van der Waals surface area (Å²) in [4.78, 5) is 14.0. The normalized spacial score (nSPS) is 16.7. The number of carbonyl (C=O) groups is 1. The maximum atomic E-state index is 12.4. The standard InChI is InChI=1S/C21H23NO5/c1-20(2,3)27-19(24)22-11-21(12-22)17-10-14(25-4)6-8-15(17)16-7-5-13(23)9-18(16)26-21/h5-10,23H,11-12H2,1-4H3. The third-order valence-electron chi connectivity index (χ3n) is 4.82. The van der Waals surface area contributed by atoms with Crippen molar-refractivity contribution in [2.75, 3.05) is 20.2 Å². The molecule has 0 atom stereocenters. The Bertz CT molecular complexity index is 909. The van der Waals surface area contributed by atoms with Crippen molar-refractivity contribution in [3.05, 3.63) is 42.0 Å². The van der Waals surface area contributed by atoms with Gasteiger partial charge in [-0.25, -0.2) is 4.79 Å². The second-order valence-electron chi connectivity index (χ2n) is 8.02. The smallest absolute Gasteiger partial charge is 0.410 e. The first-order valence-corrected chi connectivity index (χ1v) is 8.90. The van der Waals surface area contributed by atoms with Gasteiger partial charge in [0, 0.05) is 17.2 Å². The van der Waals surface area contributed by atoms with Gasteiger partial charge in [-0.05, 0) is 50.6 Å². The molecule has 0 saturated carbocycles. The van der Waals surface area contributed by atoms with E-state index >= 15 is 0 Å². The highest BCUT2D eigenvalue weighted by atomic mass is 16.6. The van der Waals surface area contributed by atoms with Gasteiger partial charge in [0.1, 0.15) is 22.8 Å². The molecule has 0 radical (unpaired) electrons. The van der Waals surface area contributed by atoms with E-state index in [1.54, 1.807) is 24.1 Å². The summed E-state index contributed by atoms with van der Waals surface area (Å²) >= 11 is 0. The Kier molecular flexibility index (Phi) is 3.77. The van der Waals surface area contributed by atoms with Gasteiger partial charge in [-0.15, -0.1) is 0 Å². The van der Waals surface area contributed by atoms with Crippen LogP contribution in [0.15, 0.2) is 36.4 Å². The molecule has 1 spiro atoms. The molecule has 0 bridgehead atoms. The van der Waals surface area contributed by atoms with Crippen LogP contribution in [0.2, 0.25) is 0 Å². The van der Waals surface area contributed by atoms with E-state index in [1.165, 1.54) is 0 Å². The van der Waals surface area contributed by atoms with Crippen molar-refractivity contribution in [1.29, 1.82) is 0 Å². The lowest BCUT2D eigenvalue weighted by Gasteiger charge is -2.52. The number of carbonyl (C=O) groups excluding carboxylic acids is 1. The van der Waals surface area contributed by atoms with Crippen LogP contribution in [-0.4, -0.2) is 41.9 Å². The molecule has 27 heavy (non-hydrogen) atoms. The van der Waals surface area contributed by atoms with Crippen molar-refractivity contribution in [3.8, 4) is 28.4 Å². The van der Waals surface area contributed by atoms with Crippen molar-refractivity contribution in [1.82, 2.24) is 4.90 Å². The number of nitrogens with zero attached hydrogens (tertiary/aromatic N) is 1. The Hall–Kier alpha value is -2.89. The highest BCUT2D eigenvalue weighted by Gasteiger charge is 2.53. The minimum Gasteiger partial charge on any atom is -0.508 e. The Morgan fingerprint density at radius 1 is 1.15 bits per heavy atom. The van der Waals surface area contributed by atoms with Crippen LogP contribution < -0.4 is 9.47 Å². The van der Waals surface area contributed by atoms with Crippen molar-refractivity contribution in [2.45, 2.75) is 32.0 Å². The molecule has 6 heteroatoms. The van der Waals surface area contributed by atoms with Crippen LogP contribution in [-0.2, 0) is 10.3 Å². The average molecular weight is 369 g/mol. The first-order chi connectivity index (χ1) is 12.7. The van der Waals surface area contributed by atoms with Crippen LogP contribution in [0, 0.1) is 0 Å². The first kappa shape index (κ1) is 17.5. The third-order valence-corrected chi connectivity index (χ3v) is 4.82. The van der Waals surface area contributed by atoms with Crippen molar-refractivity contribution in [3.63, 3.8) is 0 Å². The van der Waals surface area contributed by atoms with Crippen LogP contribution >= 0.6 is 0 Å². The summed E-state index contributed by atoms with van der Waals surface area (Å²) in [7, 11) is 1.62. The summed E-state index contributed by atoms with van der Waals surface area (Å²) < 4.78 is 17.2. The molecule has 1 amide bonds. The predicted octanol–water partition coefficient (Wildman–Crippen LogP) is 3.91. The van der Waals surface area contributed by atoms with Gasteiger partial charge in [-0.2, -0.15) is 0 Å². The van der Waals surface area contributed by atoms with E-state index in [0.29, 0.717) is 18.8 Å². The summed E-state index contributed by atoms with van der Waals surface area (Å²) in [5.74, 6) is 1.48. The van der Waals surface area contributed by atoms with E-state index in [1.807, 2.05) is 45.0 Å². The van der Waals surface area contributed by atoms with Gasteiger partial charge in [0.15, 0.2) is 5.60 Å². The molecule has 4 rings (SSSR count). The molecule has 142 valence electrons. The number of amides is 1. The number of aromatic hydroxyl groups is 1. The second kappa shape index (κ2) is 5.81. The van der Waals surface area contributed by atoms with Crippen molar-refractivity contribution >= 4 is 6.09 Å². The molecule has 2 aliphatic heterocycles. The van der Waals surface area contributed by atoms with Crippen LogP contribution in [0.3, 0.4) is 0 Å². The zero-order chi connectivity index (χ0) is 19.4. The summed E-state index contributed by atoms with van der Waals surface area (Å²) in [6, 6.07) is 10.9. The minimum absolute atomic E-state index is 0.143. The number of hydrogen-bond donors (Lipinski definition) is 1. The molecule has 1 N–H and O–H groups in total. The number of rotatable bonds is 1. The number of phenolic OH excluding ortho intramolecular Hbond substituents is 1. The quantitative estimate of drug-likeness (QED) is 0.826. The molecule has 2 aromatic carbocycles. The molecule has 1 saturated heterocycles. The first-order valence-electron chi connectivity index (χ1n) is 8.90. The molecule has 0 aliphatic carbocycles. The molecular weight excluding hydrogens is 346 g/mol. The fourth-order valence-electron chi connectivity index (χ4n) is 3.61. The number of benzene rings is 2. The van der Waals surface area contributed by atoms with Gasteiger partial charge in [0.2, 0.25) is 0 Å². The summed E-state index contributed by atoms with van der Waals surface area (Å²) in [5, 5.41) is 9.86. The third kappa shape index (κ3) is 2.95.